The van der Waals surface area contributed by atoms with Crippen molar-refractivity contribution in [3.8, 4) is 0 Å². The van der Waals surface area contributed by atoms with Crippen molar-refractivity contribution in [3.63, 3.8) is 0 Å². The van der Waals surface area contributed by atoms with E-state index in [9.17, 15) is 0 Å². The zero-order valence-electron chi connectivity index (χ0n) is 8.14. The summed E-state index contributed by atoms with van der Waals surface area (Å²) in [6.07, 6.45) is 2.39. The summed E-state index contributed by atoms with van der Waals surface area (Å²) >= 11 is 2.33. The van der Waals surface area contributed by atoms with Gasteiger partial charge in [0, 0.05) is 35.3 Å². The average molecular weight is 303 g/mol. The van der Waals surface area contributed by atoms with E-state index < -0.39 is 0 Å². The molecule has 0 aliphatic heterocycles. The maximum absolute atomic E-state index is 5.48. The molecule has 2 nitrogen and oxygen atoms in total. The third-order valence-electron chi connectivity index (χ3n) is 1.69. The summed E-state index contributed by atoms with van der Waals surface area (Å²) in [6.45, 7) is 8.30. The van der Waals surface area contributed by atoms with Crippen LogP contribution in [0.1, 0.15) is 26.7 Å². The zero-order chi connectivity index (χ0) is 9.40. The van der Waals surface area contributed by atoms with Gasteiger partial charge in [-0.15, -0.1) is 8.58 Å². The first kappa shape index (κ1) is 13.1. The van der Waals surface area contributed by atoms with E-state index >= 15 is 0 Å². The Morgan fingerprint density at radius 1 is 1.58 bits per heavy atom. The summed E-state index contributed by atoms with van der Waals surface area (Å²) < 4.78 is 7.71. The highest BCUT2D eigenvalue weighted by molar-refractivity contribution is 14.1. The predicted molar refractivity (Wildman–Crippen MR) is 65.3 cm³/mol. The first-order valence-electron chi connectivity index (χ1n) is 4.39. The molecule has 2 atom stereocenters. The average Bonchev–Trinajstić information content (AvgIpc) is 2.10. The lowest BCUT2D eigenvalue weighted by Gasteiger charge is -2.20. The van der Waals surface area contributed by atoms with Crippen LogP contribution < -0.4 is 0 Å². The highest BCUT2D eigenvalue weighted by atomic mass is 127. The van der Waals surface area contributed by atoms with Gasteiger partial charge in [0.25, 0.3) is 0 Å². The lowest BCUT2D eigenvalue weighted by atomic mass is 10.4. The number of halogens is 1. The van der Waals surface area contributed by atoms with E-state index in [1.165, 1.54) is 12.8 Å². The minimum atomic E-state index is 0.646. The molecular weight excluding hydrogens is 284 g/mol. The molecule has 1 unspecified atom stereocenters. The molecule has 0 rings (SSSR count). The van der Waals surface area contributed by atoms with E-state index in [0.717, 1.165) is 21.9 Å². The summed E-state index contributed by atoms with van der Waals surface area (Å²) in [5, 5.41) is 0. The molecule has 0 bridgehead atoms. The smallest absolute Gasteiger partial charge is 0.108 e. The molecule has 0 fully saturated rings. The molecule has 74 valence electrons. The summed E-state index contributed by atoms with van der Waals surface area (Å²) in [6, 6.07) is 0. The van der Waals surface area contributed by atoms with Crippen LogP contribution in [0.2, 0.25) is 0 Å². The summed E-state index contributed by atoms with van der Waals surface area (Å²) in [5.74, 6) is 0.646. The third-order valence-corrected chi connectivity index (χ3v) is 4.48. The van der Waals surface area contributed by atoms with Gasteiger partial charge in [0.1, 0.15) is 6.73 Å². The Kier molecular flexibility index (Phi) is 9.45. The van der Waals surface area contributed by atoms with Crippen LogP contribution in [0.15, 0.2) is 0 Å². The van der Waals surface area contributed by atoms with Gasteiger partial charge in [-0.3, -0.25) is 0 Å². The first-order chi connectivity index (χ1) is 5.72. The largest absolute Gasteiger partial charge is 0.365 e. The SMILES string of the molecule is CCCCOCN(I)[C@H](C)PC. The fraction of sp³-hybridized carbons (Fsp3) is 1.00. The van der Waals surface area contributed by atoms with E-state index in [0.29, 0.717) is 5.78 Å². The van der Waals surface area contributed by atoms with Gasteiger partial charge in [-0.2, -0.15) is 0 Å². The van der Waals surface area contributed by atoms with E-state index in [1.54, 1.807) is 0 Å². The molecule has 0 heterocycles. The van der Waals surface area contributed by atoms with Crippen molar-refractivity contribution in [1.82, 2.24) is 3.11 Å². The van der Waals surface area contributed by atoms with E-state index in [-0.39, 0.29) is 0 Å². The molecule has 12 heavy (non-hydrogen) atoms. The lowest BCUT2D eigenvalue weighted by Crippen LogP contribution is -2.22. The number of unbranched alkanes of at least 4 members (excludes halogenated alkanes) is 1. The van der Waals surface area contributed by atoms with Crippen molar-refractivity contribution in [3.05, 3.63) is 0 Å². The van der Waals surface area contributed by atoms with Crippen molar-refractivity contribution in [2.75, 3.05) is 20.0 Å². The standard InChI is InChI=1S/C8H19INOP/c1-4-5-6-11-7-10(9)8(2)12-3/h8,12H,4-7H2,1-3H3/t8-/m0/s1. The Hall–Kier alpha value is 1.08. The van der Waals surface area contributed by atoms with Crippen LogP contribution in [-0.2, 0) is 4.74 Å². The Balaban J connectivity index is 3.24. The minimum Gasteiger partial charge on any atom is -0.365 e. The molecule has 0 aromatic heterocycles. The predicted octanol–water partition coefficient (Wildman–Crippen LogP) is 3.07. The maximum atomic E-state index is 5.48. The van der Waals surface area contributed by atoms with Crippen molar-refractivity contribution in [2.45, 2.75) is 32.5 Å². The molecule has 0 aliphatic carbocycles. The van der Waals surface area contributed by atoms with Gasteiger partial charge in [-0.25, -0.2) is 3.11 Å². The van der Waals surface area contributed by atoms with E-state index in [2.05, 4.69) is 46.5 Å². The Morgan fingerprint density at radius 2 is 2.25 bits per heavy atom. The molecular formula is C8H19INOP. The van der Waals surface area contributed by atoms with Crippen LogP contribution in [-0.4, -0.2) is 28.9 Å². The number of hydrogen-bond donors (Lipinski definition) is 0. The molecule has 0 amide bonds. The minimum absolute atomic E-state index is 0.646. The highest BCUT2D eigenvalue weighted by Gasteiger charge is 2.06. The van der Waals surface area contributed by atoms with Gasteiger partial charge in [-0.1, -0.05) is 13.3 Å². The van der Waals surface area contributed by atoms with Gasteiger partial charge in [-0.05, 0) is 20.0 Å². The Labute approximate surface area is 91.7 Å². The van der Waals surface area contributed by atoms with Crippen LogP contribution in [0.5, 0.6) is 0 Å². The molecule has 0 spiro atoms. The first-order valence-corrected chi connectivity index (χ1v) is 6.94. The number of hydrogen-bond acceptors (Lipinski definition) is 2. The van der Waals surface area contributed by atoms with E-state index in [4.69, 9.17) is 4.74 Å². The number of nitrogens with zero attached hydrogens (tertiary/aromatic N) is 1. The summed E-state index contributed by atoms with van der Waals surface area (Å²) in [5.41, 5.74) is 0. The van der Waals surface area contributed by atoms with E-state index in [1.807, 2.05) is 0 Å². The Morgan fingerprint density at radius 3 is 2.75 bits per heavy atom. The maximum Gasteiger partial charge on any atom is 0.108 e. The summed E-state index contributed by atoms with van der Waals surface area (Å²) in [7, 11) is 0.962. The lowest BCUT2D eigenvalue weighted by molar-refractivity contribution is 0.0800. The van der Waals surface area contributed by atoms with Crippen LogP contribution >= 0.6 is 31.4 Å². The fourth-order valence-electron chi connectivity index (χ4n) is 0.650. The van der Waals surface area contributed by atoms with Crippen LogP contribution in [0.25, 0.3) is 0 Å². The van der Waals surface area contributed by atoms with Gasteiger partial charge >= 0.3 is 0 Å². The van der Waals surface area contributed by atoms with Gasteiger partial charge in [0.15, 0.2) is 0 Å². The van der Waals surface area contributed by atoms with Crippen LogP contribution in [0, 0.1) is 0 Å². The quantitative estimate of drug-likeness (QED) is 0.236. The molecule has 0 saturated heterocycles. The van der Waals surface area contributed by atoms with Gasteiger partial charge < -0.3 is 4.74 Å². The monoisotopic (exact) mass is 303 g/mol. The summed E-state index contributed by atoms with van der Waals surface area (Å²) in [4.78, 5) is 0. The van der Waals surface area contributed by atoms with Crippen molar-refractivity contribution >= 4 is 31.4 Å². The molecule has 0 saturated carbocycles. The topological polar surface area (TPSA) is 12.5 Å². The third kappa shape index (κ3) is 6.58. The van der Waals surface area contributed by atoms with Crippen LogP contribution in [0.3, 0.4) is 0 Å². The number of rotatable bonds is 7. The second-order valence-electron chi connectivity index (χ2n) is 2.76. The molecule has 0 aromatic rings. The molecule has 0 radical (unpaired) electrons. The normalized spacial score (nSPS) is 14.8. The molecule has 0 aromatic carbocycles. The van der Waals surface area contributed by atoms with Gasteiger partial charge in [0.05, 0.1) is 0 Å². The number of ether oxygens (including phenoxy) is 1. The van der Waals surface area contributed by atoms with Crippen molar-refractivity contribution in [1.29, 1.82) is 0 Å². The fourth-order valence-corrected chi connectivity index (χ4v) is 2.04. The Bertz CT molecular complexity index is 105. The van der Waals surface area contributed by atoms with Crippen molar-refractivity contribution < 1.29 is 4.74 Å². The second kappa shape index (κ2) is 8.67. The van der Waals surface area contributed by atoms with Crippen LogP contribution in [0.4, 0.5) is 0 Å². The zero-order valence-corrected chi connectivity index (χ0v) is 11.3. The molecule has 4 heteroatoms. The molecule has 0 aliphatic rings. The second-order valence-corrected chi connectivity index (χ2v) is 5.41. The van der Waals surface area contributed by atoms with Crippen molar-refractivity contribution in [2.24, 2.45) is 0 Å². The highest BCUT2D eigenvalue weighted by Crippen LogP contribution is 2.20. The van der Waals surface area contributed by atoms with Gasteiger partial charge in [0.2, 0.25) is 0 Å². The molecule has 0 N–H and O–H groups in total.